The molecule has 1 heterocycles. The zero-order valence-electron chi connectivity index (χ0n) is 13.9. The Kier molecular flexibility index (Phi) is 4.98. The molecule has 7 heteroatoms. The summed E-state index contributed by atoms with van der Waals surface area (Å²) in [7, 11) is 0. The molecular weight excluding hydrogens is 332 g/mol. The average molecular weight is 350 g/mol. The molecule has 0 spiro atoms. The lowest BCUT2D eigenvalue weighted by molar-refractivity contribution is -0.136. The maximum absolute atomic E-state index is 11.9. The lowest BCUT2D eigenvalue weighted by atomic mass is 10.1. The number of aromatic amines is 1. The number of carbonyl (C=O) groups is 3. The van der Waals surface area contributed by atoms with Gasteiger partial charge in [0.25, 0.3) is 0 Å². The number of H-pyrrole nitrogens is 1. The van der Waals surface area contributed by atoms with E-state index in [-0.39, 0.29) is 0 Å². The third kappa shape index (κ3) is 3.89. The van der Waals surface area contributed by atoms with Gasteiger partial charge in [0.1, 0.15) is 0 Å². The molecule has 0 aliphatic carbocycles. The van der Waals surface area contributed by atoms with Crippen LogP contribution in [0.3, 0.4) is 0 Å². The second-order valence-corrected chi connectivity index (χ2v) is 5.76. The predicted octanol–water partition coefficient (Wildman–Crippen LogP) is 1.56. The van der Waals surface area contributed by atoms with Crippen molar-refractivity contribution < 1.29 is 14.4 Å². The Hall–Kier alpha value is -3.61. The minimum atomic E-state index is -0.768. The number of nitrogens with two attached hydrogens (primary N) is 1. The molecule has 132 valence electrons. The number of primary amides is 1. The van der Waals surface area contributed by atoms with E-state index in [0.29, 0.717) is 24.2 Å². The zero-order valence-corrected chi connectivity index (χ0v) is 13.9. The molecule has 2 aromatic carbocycles. The lowest BCUT2D eigenvalue weighted by Gasteiger charge is -2.07. The highest BCUT2D eigenvalue weighted by atomic mass is 16.2. The molecule has 5 N–H and O–H groups in total. The molecule has 3 amide bonds. The number of para-hydroxylation sites is 1. The van der Waals surface area contributed by atoms with Gasteiger partial charge in [0.2, 0.25) is 5.91 Å². The molecule has 3 aromatic rings. The number of amides is 3. The molecule has 0 saturated heterocycles. The summed E-state index contributed by atoms with van der Waals surface area (Å²) >= 11 is 0. The van der Waals surface area contributed by atoms with Crippen LogP contribution in [0.4, 0.5) is 5.69 Å². The Labute approximate surface area is 149 Å². The molecule has 7 nitrogen and oxygen atoms in total. The Morgan fingerprint density at radius 3 is 2.42 bits per heavy atom. The minimum Gasteiger partial charge on any atom is -0.366 e. The van der Waals surface area contributed by atoms with Crippen molar-refractivity contribution in [3.63, 3.8) is 0 Å². The van der Waals surface area contributed by atoms with Crippen molar-refractivity contribution in [2.24, 2.45) is 5.73 Å². The van der Waals surface area contributed by atoms with E-state index in [9.17, 15) is 14.4 Å². The number of aromatic nitrogens is 1. The van der Waals surface area contributed by atoms with Gasteiger partial charge in [-0.3, -0.25) is 14.4 Å². The number of hydrogen-bond acceptors (Lipinski definition) is 3. The van der Waals surface area contributed by atoms with Crippen molar-refractivity contribution in [2.75, 3.05) is 11.9 Å². The molecule has 0 aliphatic heterocycles. The van der Waals surface area contributed by atoms with Crippen LogP contribution in [-0.2, 0) is 16.0 Å². The molecule has 0 saturated carbocycles. The van der Waals surface area contributed by atoms with Crippen molar-refractivity contribution in [3.05, 3.63) is 65.9 Å². The average Bonchev–Trinajstić information content (AvgIpc) is 3.05. The van der Waals surface area contributed by atoms with E-state index < -0.39 is 17.7 Å². The fourth-order valence-electron chi connectivity index (χ4n) is 2.64. The van der Waals surface area contributed by atoms with Gasteiger partial charge in [-0.05, 0) is 42.3 Å². The standard InChI is InChI=1S/C19H18N4O3/c20-17(24)12-5-7-14(8-6-12)23-19(26)18(25)21-10-9-13-11-22-16-4-2-1-3-15(13)16/h1-8,11,22H,9-10H2,(H2,20,24)(H,21,25)(H,23,26). The van der Waals surface area contributed by atoms with E-state index in [4.69, 9.17) is 5.73 Å². The van der Waals surface area contributed by atoms with Gasteiger partial charge in [-0.15, -0.1) is 0 Å². The summed E-state index contributed by atoms with van der Waals surface area (Å²) in [4.78, 5) is 38.0. The number of rotatable bonds is 5. The summed E-state index contributed by atoms with van der Waals surface area (Å²) in [5.41, 5.74) is 7.99. The van der Waals surface area contributed by atoms with Crippen LogP contribution < -0.4 is 16.4 Å². The molecule has 0 atom stereocenters. The first kappa shape index (κ1) is 17.2. The number of anilines is 1. The van der Waals surface area contributed by atoms with Gasteiger partial charge in [-0.1, -0.05) is 18.2 Å². The summed E-state index contributed by atoms with van der Waals surface area (Å²) in [5.74, 6) is -2.04. The van der Waals surface area contributed by atoms with E-state index >= 15 is 0 Å². The van der Waals surface area contributed by atoms with Gasteiger partial charge >= 0.3 is 11.8 Å². The molecular formula is C19H18N4O3. The van der Waals surface area contributed by atoms with Gasteiger partial charge in [-0.2, -0.15) is 0 Å². The third-order valence-corrected chi connectivity index (χ3v) is 3.99. The van der Waals surface area contributed by atoms with Crippen LogP contribution in [0.25, 0.3) is 10.9 Å². The number of carbonyl (C=O) groups excluding carboxylic acids is 3. The maximum Gasteiger partial charge on any atom is 0.313 e. The largest absolute Gasteiger partial charge is 0.366 e. The van der Waals surface area contributed by atoms with E-state index in [2.05, 4.69) is 15.6 Å². The van der Waals surface area contributed by atoms with Gasteiger partial charge in [0, 0.05) is 34.9 Å². The van der Waals surface area contributed by atoms with Crippen LogP contribution in [0.15, 0.2) is 54.7 Å². The van der Waals surface area contributed by atoms with Crippen molar-refractivity contribution in [1.29, 1.82) is 0 Å². The Morgan fingerprint density at radius 2 is 1.69 bits per heavy atom. The van der Waals surface area contributed by atoms with Crippen molar-refractivity contribution in [2.45, 2.75) is 6.42 Å². The fraction of sp³-hybridized carbons (Fsp3) is 0.105. The monoisotopic (exact) mass is 350 g/mol. The van der Waals surface area contributed by atoms with Crippen molar-refractivity contribution >= 4 is 34.3 Å². The third-order valence-electron chi connectivity index (χ3n) is 3.99. The van der Waals surface area contributed by atoms with E-state index in [1.54, 1.807) is 0 Å². The van der Waals surface area contributed by atoms with E-state index in [1.165, 1.54) is 24.3 Å². The normalized spacial score (nSPS) is 10.5. The SMILES string of the molecule is NC(=O)c1ccc(NC(=O)C(=O)NCCc2c[nH]c3ccccc23)cc1. The highest BCUT2D eigenvalue weighted by Gasteiger charge is 2.13. The first-order valence-corrected chi connectivity index (χ1v) is 8.08. The fourth-order valence-corrected chi connectivity index (χ4v) is 2.64. The van der Waals surface area contributed by atoms with Crippen LogP contribution in [0.1, 0.15) is 15.9 Å². The summed E-state index contributed by atoms with van der Waals surface area (Å²) in [6.07, 6.45) is 2.51. The summed E-state index contributed by atoms with van der Waals surface area (Å²) in [5, 5.41) is 6.17. The maximum atomic E-state index is 11.9. The Balaban J connectivity index is 1.51. The first-order chi connectivity index (χ1) is 12.5. The van der Waals surface area contributed by atoms with Gasteiger partial charge in [-0.25, -0.2) is 0 Å². The molecule has 0 aliphatic rings. The van der Waals surface area contributed by atoms with Crippen LogP contribution in [0.2, 0.25) is 0 Å². The lowest BCUT2D eigenvalue weighted by Crippen LogP contribution is -2.36. The van der Waals surface area contributed by atoms with Crippen LogP contribution in [0.5, 0.6) is 0 Å². The van der Waals surface area contributed by atoms with Gasteiger partial charge < -0.3 is 21.4 Å². The highest BCUT2D eigenvalue weighted by molar-refractivity contribution is 6.39. The molecule has 0 fully saturated rings. The summed E-state index contributed by atoms with van der Waals surface area (Å²) < 4.78 is 0. The smallest absolute Gasteiger partial charge is 0.313 e. The molecule has 1 aromatic heterocycles. The molecule has 0 bridgehead atoms. The number of benzene rings is 2. The molecule has 0 unspecified atom stereocenters. The topological polar surface area (TPSA) is 117 Å². The molecule has 0 radical (unpaired) electrons. The van der Waals surface area contributed by atoms with Crippen molar-refractivity contribution in [1.82, 2.24) is 10.3 Å². The number of hydrogen-bond donors (Lipinski definition) is 4. The quantitative estimate of drug-likeness (QED) is 0.523. The Morgan fingerprint density at radius 1 is 0.962 bits per heavy atom. The van der Waals surface area contributed by atoms with E-state index in [0.717, 1.165) is 16.5 Å². The van der Waals surface area contributed by atoms with Gasteiger partial charge in [0.15, 0.2) is 0 Å². The highest BCUT2D eigenvalue weighted by Crippen LogP contribution is 2.17. The van der Waals surface area contributed by atoms with Crippen LogP contribution >= 0.6 is 0 Å². The van der Waals surface area contributed by atoms with E-state index in [1.807, 2.05) is 30.5 Å². The second kappa shape index (κ2) is 7.52. The first-order valence-electron chi connectivity index (χ1n) is 8.08. The molecule has 26 heavy (non-hydrogen) atoms. The Bertz CT molecular complexity index is 960. The minimum absolute atomic E-state index is 0.325. The van der Waals surface area contributed by atoms with Crippen LogP contribution in [-0.4, -0.2) is 29.3 Å². The van der Waals surface area contributed by atoms with Crippen LogP contribution in [0, 0.1) is 0 Å². The zero-order chi connectivity index (χ0) is 18.5. The number of nitrogens with one attached hydrogen (secondary N) is 3. The second-order valence-electron chi connectivity index (χ2n) is 5.76. The summed E-state index contributed by atoms with van der Waals surface area (Å²) in [6, 6.07) is 13.9. The van der Waals surface area contributed by atoms with Crippen molar-refractivity contribution in [3.8, 4) is 0 Å². The molecule has 3 rings (SSSR count). The summed E-state index contributed by atoms with van der Waals surface area (Å²) in [6.45, 7) is 0.342. The van der Waals surface area contributed by atoms with Gasteiger partial charge in [0.05, 0.1) is 0 Å². The number of fused-ring (bicyclic) bond motifs is 1. The predicted molar refractivity (Wildman–Crippen MR) is 98.6 cm³/mol.